The van der Waals surface area contributed by atoms with E-state index in [1.165, 1.54) is 4.90 Å². The number of hydrogen-bond donors (Lipinski definition) is 5. The van der Waals surface area contributed by atoms with Crippen molar-refractivity contribution in [2.45, 2.75) is 32.8 Å². The van der Waals surface area contributed by atoms with Crippen molar-refractivity contribution >= 4 is 11.8 Å². The fraction of sp³-hybridized carbons (Fsp3) is 0.667. The van der Waals surface area contributed by atoms with Gasteiger partial charge in [-0.15, -0.1) is 0 Å². The first-order valence-electron chi connectivity index (χ1n) is 6.81. The predicted octanol–water partition coefficient (Wildman–Crippen LogP) is -2.42. The van der Waals surface area contributed by atoms with E-state index in [-0.39, 0.29) is 43.1 Å². The van der Waals surface area contributed by atoms with E-state index in [0.29, 0.717) is 5.82 Å². The lowest BCUT2D eigenvalue weighted by atomic mass is 10.2. The van der Waals surface area contributed by atoms with Crippen LogP contribution in [-0.4, -0.2) is 57.6 Å². The van der Waals surface area contributed by atoms with E-state index in [1.807, 2.05) is 0 Å². The zero-order valence-corrected chi connectivity index (χ0v) is 12.0. The first-order valence-corrected chi connectivity index (χ1v) is 6.81. The Kier molecular flexibility index (Phi) is 4.35. The summed E-state index contributed by atoms with van der Waals surface area (Å²) in [5.74, 6) is -0.350. The summed E-state index contributed by atoms with van der Waals surface area (Å²) in [4.78, 5) is 27.2. The molecule has 9 nitrogen and oxygen atoms in total. The molecule has 0 saturated heterocycles. The van der Waals surface area contributed by atoms with Gasteiger partial charge in [0.25, 0.3) is 5.91 Å². The molecule has 2 heterocycles. The number of carbonyl (C=O) groups is 2. The molecule has 118 valence electrons. The van der Waals surface area contributed by atoms with Crippen LogP contribution in [0.4, 0.5) is 0 Å². The molecule has 2 amide bonds. The topological polar surface area (TPSA) is 131 Å². The van der Waals surface area contributed by atoms with Gasteiger partial charge in [-0.05, 0) is 0 Å². The Labute approximate surface area is 122 Å². The highest BCUT2D eigenvalue weighted by Gasteiger charge is 2.40. The molecule has 0 saturated carbocycles. The lowest BCUT2D eigenvalue weighted by molar-refractivity contribution is -0.134. The fourth-order valence-corrected chi connectivity index (χ4v) is 2.34. The van der Waals surface area contributed by atoms with Crippen LogP contribution in [0.25, 0.3) is 0 Å². The highest BCUT2D eigenvalue weighted by atomic mass is 16.5. The quantitative estimate of drug-likeness (QED) is 0.365. The number of hydrogen-bond acceptors (Lipinski definition) is 7. The van der Waals surface area contributed by atoms with E-state index in [2.05, 4.69) is 10.6 Å². The summed E-state index contributed by atoms with van der Waals surface area (Å²) in [5.41, 5.74) is 6.16. The maximum absolute atomic E-state index is 12.3. The summed E-state index contributed by atoms with van der Waals surface area (Å²) < 4.78 is 0. The summed E-state index contributed by atoms with van der Waals surface area (Å²) in [6.45, 7) is 3.93. The van der Waals surface area contributed by atoms with Crippen LogP contribution in [0.5, 0.6) is 0 Å². The first kappa shape index (κ1) is 15.5. The molecule has 1 unspecified atom stereocenters. The van der Waals surface area contributed by atoms with Gasteiger partial charge in [0.1, 0.15) is 11.5 Å². The van der Waals surface area contributed by atoms with Gasteiger partial charge in [0.05, 0.1) is 6.67 Å². The van der Waals surface area contributed by atoms with Crippen LogP contribution in [0.3, 0.4) is 0 Å². The second-order valence-corrected chi connectivity index (χ2v) is 5.34. The molecule has 9 heteroatoms. The predicted molar refractivity (Wildman–Crippen MR) is 72.4 cm³/mol. The normalized spacial score (nSPS) is 21.9. The van der Waals surface area contributed by atoms with Crippen LogP contribution in [0.15, 0.2) is 11.5 Å². The molecule has 2 aliphatic heterocycles. The van der Waals surface area contributed by atoms with Gasteiger partial charge in [0, 0.05) is 18.9 Å². The van der Waals surface area contributed by atoms with Crippen molar-refractivity contribution in [3.05, 3.63) is 11.5 Å². The van der Waals surface area contributed by atoms with Crippen molar-refractivity contribution in [2.75, 3.05) is 13.2 Å². The molecule has 0 aliphatic carbocycles. The molecule has 1 atom stereocenters. The highest BCUT2D eigenvalue weighted by Crippen LogP contribution is 2.25. The van der Waals surface area contributed by atoms with Crippen molar-refractivity contribution < 1.29 is 19.8 Å². The zero-order valence-electron chi connectivity index (χ0n) is 12.0. The van der Waals surface area contributed by atoms with Gasteiger partial charge < -0.3 is 25.7 Å². The summed E-state index contributed by atoms with van der Waals surface area (Å²) in [6.07, 6.45) is -2.26. The Morgan fingerprint density at radius 3 is 2.71 bits per heavy atom. The second-order valence-electron chi connectivity index (χ2n) is 5.34. The molecule has 0 bridgehead atoms. The SMILES string of the molecule is CC(C)C(=O)N1CNC2=C1N(CCC(O)O)C(N)NC2=O. The first-order chi connectivity index (χ1) is 9.82. The van der Waals surface area contributed by atoms with Gasteiger partial charge >= 0.3 is 0 Å². The van der Waals surface area contributed by atoms with Gasteiger partial charge in [0.2, 0.25) is 5.91 Å². The monoisotopic (exact) mass is 299 g/mol. The van der Waals surface area contributed by atoms with E-state index in [9.17, 15) is 9.59 Å². The third-order valence-electron chi connectivity index (χ3n) is 3.40. The molecule has 2 aliphatic rings. The largest absolute Gasteiger partial charge is 0.368 e. The molecule has 0 aromatic rings. The number of amides is 2. The van der Waals surface area contributed by atoms with Gasteiger partial charge in [-0.25, -0.2) is 0 Å². The number of nitrogens with two attached hydrogens (primary N) is 1. The maximum Gasteiger partial charge on any atom is 0.273 e. The molecule has 2 rings (SSSR count). The Morgan fingerprint density at radius 2 is 2.14 bits per heavy atom. The number of rotatable bonds is 4. The van der Waals surface area contributed by atoms with Crippen molar-refractivity contribution in [2.24, 2.45) is 11.7 Å². The molecule has 0 spiro atoms. The highest BCUT2D eigenvalue weighted by molar-refractivity contribution is 5.96. The Morgan fingerprint density at radius 1 is 1.48 bits per heavy atom. The molecule has 6 N–H and O–H groups in total. The third-order valence-corrected chi connectivity index (χ3v) is 3.40. The van der Waals surface area contributed by atoms with Crippen LogP contribution in [0.1, 0.15) is 20.3 Å². The van der Waals surface area contributed by atoms with Crippen molar-refractivity contribution in [3.63, 3.8) is 0 Å². The summed E-state index contributed by atoms with van der Waals surface area (Å²) in [5, 5.41) is 23.5. The van der Waals surface area contributed by atoms with E-state index >= 15 is 0 Å². The number of nitrogens with one attached hydrogen (secondary N) is 2. The third kappa shape index (κ3) is 2.94. The summed E-state index contributed by atoms with van der Waals surface area (Å²) in [6, 6.07) is 0. The minimum atomic E-state index is -1.48. The van der Waals surface area contributed by atoms with Crippen molar-refractivity contribution in [1.82, 2.24) is 20.4 Å². The Bertz CT molecular complexity index is 476. The van der Waals surface area contributed by atoms with Crippen LogP contribution >= 0.6 is 0 Å². The van der Waals surface area contributed by atoms with Crippen LogP contribution in [0, 0.1) is 5.92 Å². The van der Waals surface area contributed by atoms with Crippen LogP contribution in [0.2, 0.25) is 0 Å². The summed E-state index contributed by atoms with van der Waals surface area (Å²) in [7, 11) is 0. The number of carbonyl (C=O) groups excluding carboxylic acids is 2. The molecule has 21 heavy (non-hydrogen) atoms. The van der Waals surface area contributed by atoms with Gasteiger partial charge in [-0.2, -0.15) is 0 Å². The number of nitrogens with zero attached hydrogens (tertiary/aromatic N) is 2. The smallest absolute Gasteiger partial charge is 0.273 e. The molecule has 0 radical (unpaired) electrons. The minimum absolute atomic E-state index is 0.0457. The Hall–Kier alpha value is -1.84. The average molecular weight is 299 g/mol. The lowest BCUT2D eigenvalue weighted by Gasteiger charge is -2.38. The molecule has 0 aromatic heterocycles. The van der Waals surface area contributed by atoms with Crippen molar-refractivity contribution in [1.29, 1.82) is 0 Å². The second kappa shape index (κ2) is 5.88. The minimum Gasteiger partial charge on any atom is -0.368 e. The zero-order chi connectivity index (χ0) is 15.7. The number of aliphatic hydroxyl groups excluding tert-OH is 1. The van der Waals surface area contributed by atoms with Gasteiger partial charge in [-0.3, -0.25) is 20.2 Å². The molecular weight excluding hydrogens is 278 g/mol. The van der Waals surface area contributed by atoms with Crippen molar-refractivity contribution in [3.8, 4) is 0 Å². The standard InChI is InChI=1S/C12H21N5O4/c1-6(2)11(21)17-5-14-8-9(20)15-12(13)16(10(8)17)4-3-7(18)19/h6-7,12,14,18-19H,3-5,13H2,1-2H3,(H,15,20). The number of aliphatic hydroxyl groups is 2. The Balaban J connectivity index is 2.30. The molecule has 0 fully saturated rings. The lowest BCUT2D eigenvalue weighted by Crippen LogP contribution is -2.60. The van der Waals surface area contributed by atoms with E-state index in [1.54, 1.807) is 18.7 Å². The average Bonchev–Trinajstić information content (AvgIpc) is 2.82. The molecule has 0 aromatic carbocycles. The fourth-order valence-electron chi connectivity index (χ4n) is 2.34. The van der Waals surface area contributed by atoms with E-state index in [4.69, 9.17) is 15.9 Å². The van der Waals surface area contributed by atoms with Gasteiger partial charge in [-0.1, -0.05) is 13.8 Å². The molecular formula is C12H21N5O4. The van der Waals surface area contributed by atoms with Gasteiger partial charge in [0.15, 0.2) is 12.6 Å². The van der Waals surface area contributed by atoms with Crippen LogP contribution in [-0.2, 0) is 9.59 Å². The van der Waals surface area contributed by atoms with E-state index in [0.717, 1.165) is 0 Å². The van der Waals surface area contributed by atoms with E-state index < -0.39 is 12.6 Å². The summed E-state index contributed by atoms with van der Waals surface area (Å²) >= 11 is 0. The maximum atomic E-state index is 12.3. The van der Waals surface area contributed by atoms with Crippen LogP contribution < -0.4 is 16.4 Å².